The van der Waals surface area contributed by atoms with Gasteiger partial charge in [0.15, 0.2) is 0 Å². The van der Waals surface area contributed by atoms with Crippen LogP contribution in [0.2, 0.25) is 0 Å². The lowest BCUT2D eigenvalue weighted by Gasteiger charge is -2.19. The fourth-order valence-electron chi connectivity index (χ4n) is 2.55. The van der Waals surface area contributed by atoms with Gasteiger partial charge in [0.25, 0.3) is 5.91 Å². The molecule has 1 unspecified atom stereocenters. The second kappa shape index (κ2) is 11.1. The SMILES string of the molecule is N/C=C(\NC(=O)C(Cc1ccccc1)NC(=O)OCCc1ccccc1)C(N)=O. The lowest BCUT2D eigenvalue weighted by molar-refractivity contribution is -0.124. The van der Waals surface area contributed by atoms with E-state index in [0.717, 1.165) is 17.3 Å². The summed E-state index contributed by atoms with van der Waals surface area (Å²) in [5.41, 5.74) is 12.0. The Morgan fingerprint density at radius 2 is 1.55 bits per heavy atom. The molecule has 0 aliphatic carbocycles. The van der Waals surface area contributed by atoms with Crippen molar-refractivity contribution in [3.8, 4) is 0 Å². The molecule has 0 fully saturated rings. The topological polar surface area (TPSA) is 137 Å². The molecular weight excluding hydrogens is 372 g/mol. The Labute approximate surface area is 168 Å². The molecule has 0 radical (unpaired) electrons. The summed E-state index contributed by atoms with van der Waals surface area (Å²) in [6.07, 6.45) is 0.898. The number of primary amides is 1. The summed E-state index contributed by atoms with van der Waals surface area (Å²) in [4.78, 5) is 36.0. The van der Waals surface area contributed by atoms with Gasteiger partial charge in [-0.3, -0.25) is 9.59 Å². The van der Waals surface area contributed by atoms with Gasteiger partial charge in [0.1, 0.15) is 11.7 Å². The van der Waals surface area contributed by atoms with Crippen molar-refractivity contribution < 1.29 is 19.1 Å². The third-order valence-electron chi connectivity index (χ3n) is 4.05. The number of alkyl carbamates (subject to hydrolysis) is 1. The fourth-order valence-corrected chi connectivity index (χ4v) is 2.55. The van der Waals surface area contributed by atoms with Crippen LogP contribution in [0.15, 0.2) is 72.6 Å². The van der Waals surface area contributed by atoms with E-state index in [4.69, 9.17) is 16.2 Å². The average molecular weight is 396 g/mol. The molecule has 0 spiro atoms. The monoisotopic (exact) mass is 396 g/mol. The second-order valence-corrected chi connectivity index (χ2v) is 6.19. The molecule has 0 heterocycles. The van der Waals surface area contributed by atoms with Crippen LogP contribution >= 0.6 is 0 Å². The first-order chi connectivity index (χ1) is 14.0. The van der Waals surface area contributed by atoms with Gasteiger partial charge >= 0.3 is 6.09 Å². The van der Waals surface area contributed by atoms with Gasteiger partial charge in [0.05, 0.1) is 6.61 Å². The van der Waals surface area contributed by atoms with Crippen molar-refractivity contribution in [1.29, 1.82) is 0 Å². The van der Waals surface area contributed by atoms with Crippen molar-refractivity contribution in [2.24, 2.45) is 11.5 Å². The van der Waals surface area contributed by atoms with Gasteiger partial charge in [-0.15, -0.1) is 0 Å². The third-order valence-corrected chi connectivity index (χ3v) is 4.05. The third kappa shape index (κ3) is 7.37. The van der Waals surface area contributed by atoms with Crippen LogP contribution in [0.4, 0.5) is 4.79 Å². The van der Waals surface area contributed by atoms with Gasteiger partial charge < -0.3 is 26.8 Å². The summed E-state index contributed by atoms with van der Waals surface area (Å²) in [5, 5.41) is 4.85. The molecule has 2 rings (SSSR count). The number of rotatable bonds is 9. The first-order valence-corrected chi connectivity index (χ1v) is 9.03. The Hall–Kier alpha value is -3.81. The molecule has 8 heteroatoms. The maximum Gasteiger partial charge on any atom is 0.407 e. The van der Waals surface area contributed by atoms with Crippen LogP contribution in [-0.2, 0) is 27.2 Å². The molecule has 0 bridgehead atoms. The lowest BCUT2D eigenvalue weighted by Crippen LogP contribution is -2.49. The number of nitrogens with one attached hydrogen (secondary N) is 2. The van der Waals surface area contributed by atoms with Crippen molar-refractivity contribution in [3.05, 3.63) is 83.7 Å². The minimum atomic E-state index is -0.990. The van der Waals surface area contributed by atoms with Crippen LogP contribution in [0.3, 0.4) is 0 Å². The molecule has 29 heavy (non-hydrogen) atoms. The molecule has 8 nitrogen and oxygen atoms in total. The summed E-state index contributed by atoms with van der Waals surface area (Å²) in [5.74, 6) is -1.52. The molecular formula is C21H24N4O4. The zero-order chi connectivity index (χ0) is 21.1. The molecule has 152 valence electrons. The Morgan fingerprint density at radius 3 is 2.10 bits per heavy atom. The summed E-state index contributed by atoms with van der Waals surface area (Å²) < 4.78 is 5.18. The maximum atomic E-state index is 12.6. The molecule has 3 amide bonds. The van der Waals surface area contributed by atoms with E-state index in [2.05, 4.69) is 10.6 Å². The summed E-state index contributed by atoms with van der Waals surface area (Å²) in [6.45, 7) is 0.158. The molecule has 0 saturated heterocycles. The van der Waals surface area contributed by atoms with E-state index in [0.29, 0.717) is 6.42 Å². The zero-order valence-electron chi connectivity index (χ0n) is 15.8. The van der Waals surface area contributed by atoms with E-state index in [1.807, 2.05) is 60.7 Å². The zero-order valence-corrected chi connectivity index (χ0v) is 15.8. The Kier molecular flexibility index (Phi) is 8.25. The predicted molar refractivity (Wildman–Crippen MR) is 108 cm³/mol. The van der Waals surface area contributed by atoms with Crippen molar-refractivity contribution in [2.75, 3.05) is 6.61 Å². The summed E-state index contributed by atoms with van der Waals surface area (Å²) in [7, 11) is 0. The molecule has 0 saturated carbocycles. The minimum Gasteiger partial charge on any atom is -0.449 e. The van der Waals surface area contributed by atoms with E-state index in [-0.39, 0.29) is 18.7 Å². The van der Waals surface area contributed by atoms with E-state index < -0.39 is 23.9 Å². The second-order valence-electron chi connectivity index (χ2n) is 6.19. The van der Waals surface area contributed by atoms with Crippen molar-refractivity contribution >= 4 is 17.9 Å². The molecule has 2 aromatic carbocycles. The molecule has 0 aliphatic heterocycles. The van der Waals surface area contributed by atoms with Crippen LogP contribution in [0.5, 0.6) is 0 Å². The van der Waals surface area contributed by atoms with Gasteiger partial charge in [-0.1, -0.05) is 60.7 Å². The van der Waals surface area contributed by atoms with E-state index in [9.17, 15) is 14.4 Å². The number of benzene rings is 2. The van der Waals surface area contributed by atoms with Crippen molar-refractivity contribution in [1.82, 2.24) is 10.6 Å². The highest BCUT2D eigenvalue weighted by atomic mass is 16.5. The Bertz CT molecular complexity index is 853. The molecule has 0 aromatic heterocycles. The lowest BCUT2D eigenvalue weighted by atomic mass is 10.1. The standard InChI is InChI=1S/C21H24N4O4/c22-14-18(19(23)26)24-20(27)17(13-16-9-5-2-6-10-16)25-21(28)29-12-11-15-7-3-1-4-8-15/h1-10,14,17H,11-13,22H2,(H2,23,26)(H,24,27)(H,25,28)/b18-14-. The molecule has 0 aliphatic rings. The van der Waals surface area contributed by atoms with E-state index >= 15 is 0 Å². The van der Waals surface area contributed by atoms with Gasteiger partial charge in [0, 0.05) is 19.0 Å². The van der Waals surface area contributed by atoms with Gasteiger partial charge in [0.2, 0.25) is 5.91 Å². The number of carbonyl (C=O) groups is 3. The molecule has 2 aromatic rings. The first-order valence-electron chi connectivity index (χ1n) is 9.03. The summed E-state index contributed by atoms with van der Waals surface area (Å²) >= 11 is 0. The highest BCUT2D eigenvalue weighted by Crippen LogP contribution is 2.05. The van der Waals surface area contributed by atoms with Crippen LogP contribution in [0.1, 0.15) is 11.1 Å². The minimum absolute atomic E-state index is 0.158. The van der Waals surface area contributed by atoms with Crippen LogP contribution in [-0.4, -0.2) is 30.6 Å². The number of ether oxygens (including phenoxy) is 1. The smallest absolute Gasteiger partial charge is 0.407 e. The predicted octanol–water partition coefficient (Wildman–Crippen LogP) is 0.968. The number of hydrogen-bond donors (Lipinski definition) is 4. The van der Waals surface area contributed by atoms with E-state index in [1.54, 1.807) is 0 Å². The Morgan fingerprint density at radius 1 is 0.966 bits per heavy atom. The maximum absolute atomic E-state index is 12.6. The normalized spacial score (nSPS) is 11.9. The number of carbonyl (C=O) groups excluding carboxylic acids is 3. The largest absolute Gasteiger partial charge is 0.449 e. The van der Waals surface area contributed by atoms with Crippen molar-refractivity contribution in [2.45, 2.75) is 18.9 Å². The van der Waals surface area contributed by atoms with Crippen LogP contribution in [0, 0.1) is 0 Å². The summed E-state index contributed by atoms with van der Waals surface area (Å²) in [6, 6.07) is 17.7. The average Bonchev–Trinajstić information content (AvgIpc) is 2.72. The van der Waals surface area contributed by atoms with Gasteiger partial charge in [-0.05, 0) is 11.1 Å². The fraction of sp³-hybridized carbons (Fsp3) is 0.190. The Balaban J connectivity index is 1.99. The number of nitrogens with two attached hydrogens (primary N) is 2. The highest BCUT2D eigenvalue weighted by Gasteiger charge is 2.23. The number of hydrogen-bond acceptors (Lipinski definition) is 5. The molecule has 1 atom stereocenters. The van der Waals surface area contributed by atoms with E-state index in [1.165, 1.54) is 0 Å². The molecule has 6 N–H and O–H groups in total. The highest BCUT2D eigenvalue weighted by molar-refractivity contribution is 5.98. The van der Waals surface area contributed by atoms with Gasteiger partial charge in [-0.2, -0.15) is 0 Å². The first kappa shape index (κ1) is 21.5. The van der Waals surface area contributed by atoms with Gasteiger partial charge in [-0.25, -0.2) is 4.79 Å². The van der Waals surface area contributed by atoms with Crippen LogP contribution in [0.25, 0.3) is 0 Å². The number of amides is 3. The van der Waals surface area contributed by atoms with Crippen LogP contribution < -0.4 is 22.1 Å². The van der Waals surface area contributed by atoms with Crippen molar-refractivity contribution in [3.63, 3.8) is 0 Å². The quantitative estimate of drug-likeness (QED) is 0.468.